The molecule has 1 aliphatic rings. The van der Waals surface area contributed by atoms with Crippen molar-refractivity contribution in [2.45, 2.75) is 26.8 Å². The molecule has 1 fully saturated rings. The van der Waals surface area contributed by atoms with E-state index in [0.29, 0.717) is 0 Å². The number of nitrogens with zero attached hydrogens (tertiary/aromatic N) is 2. The van der Waals surface area contributed by atoms with Crippen molar-refractivity contribution in [1.82, 2.24) is 10.2 Å². The van der Waals surface area contributed by atoms with E-state index in [4.69, 9.17) is 0 Å². The summed E-state index contributed by atoms with van der Waals surface area (Å²) in [4.78, 5) is 4.94. The van der Waals surface area contributed by atoms with Crippen molar-refractivity contribution >= 4 is 5.69 Å². The number of rotatable bonds is 4. The zero-order valence-corrected chi connectivity index (χ0v) is 12.6. The van der Waals surface area contributed by atoms with Crippen LogP contribution in [0, 0.1) is 6.92 Å². The van der Waals surface area contributed by atoms with Crippen molar-refractivity contribution in [3.63, 3.8) is 0 Å². The predicted molar refractivity (Wildman–Crippen MR) is 82.9 cm³/mol. The van der Waals surface area contributed by atoms with Gasteiger partial charge in [0.05, 0.1) is 0 Å². The van der Waals surface area contributed by atoms with Crippen LogP contribution in [0.4, 0.5) is 5.69 Å². The molecule has 106 valence electrons. The molecule has 3 nitrogen and oxygen atoms in total. The molecule has 19 heavy (non-hydrogen) atoms. The van der Waals surface area contributed by atoms with Gasteiger partial charge in [0.25, 0.3) is 0 Å². The summed E-state index contributed by atoms with van der Waals surface area (Å²) in [5, 5.41) is 3.40. The smallest absolute Gasteiger partial charge is 0.0369 e. The fraction of sp³-hybridized carbons (Fsp3) is 0.625. The monoisotopic (exact) mass is 261 g/mol. The van der Waals surface area contributed by atoms with Gasteiger partial charge in [-0.2, -0.15) is 0 Å². The van der Waals surface area contributed by atoms with E-state index in [9.17, 15) is 0 Å². The average Bonchev–Trinajstić information content (AvgIpc) is 2.62. The molecule has 0 spiro atoms. The molecule has 1 aromatic carbocycles. The Morgan fingerprint density at radius 2 is 2.00 bits per heavy atom. The number of aryl methyl sites for hydroxylation is 1. The second-order valence-electron chi connectivity index (χ2n) is 5.53. The first kappa shape index (κ1) is 14.4. The largest absolute Gasteiger partial charge is 0.370 e. The quantitative estimate of drug-likeness (QED) is 0.897. The number of nitrogens with one attached hydrogen (secondary N) is 1. The Bertz CT molecular complexity index is 403. The molecule has 0 radical (unpaired) electrons. The summed E-state index contributed by atoms with van der Waals surface area (Å²) in [6.07, 6.45) is 1.26. The molecular formula is C16H27N3. The summed E-state index contributed by atoms with van der Waals surface area (Å²) >= 11 is 0. The highest BCUT2D eigenvalue weighted by Crippen LogP contribution is 2.20. The molecule has 2 rings (SSSR count). The second-order valence-corrected chi connectivity index (χ2v) is 5.53. The van der Waals surface area contributed by atoms with E-state index in [0.717, 1.165) is 26.2 Å². The van der Waals surface area contributed by atoms with Gasteiger partial charge >= 0.3 is 0 Å². The highest BCUT2D eigenvalue weighted by atomic mass is 15.2. The highest BCUT2D eigenvalue weighted by molar-refractivity contribution is 5.51. The van der Waals surface area contributed by atoms with Crippen molar-refractivity contribution in [3.8, 4) is 0 Å². The molecule has 0 atom stereocenters. The molecule has 0 aliphatic carbocycles. The predicted octanol–water partition coefficient (Wildman–Crippen LogP) is 2.25. The third kappa shape index (κ3) is 3.95. The van der Waals surface area contributed by atoms with Crippen molar-refractivity contribution < 1.29 is 0 Å². The number of hydrogen-bond acceptors (Lipinski definition) is 3. The molecule has 1 aromatic rings. The lowest BCUT2D eigenvalue weighted by molar-refractivity contribution is 0.360. The van der Waals surface area contributed by atoms with Crippen LogP contribution < -0.4 is 10.2 Å². The maximum Gasteiger partial charge on any atom is 0.0369 e. The SMILES string of the molecule is CCNCc1ccc(N2CCCN(C)CC2)cc1C. The minimum absolute atomic E-state index is 0.978. The Kier molecular flexibility index (Phi) is 5.23. The van der Waals surface area contributed by atoms with Crippen LogP contribution in [0.2, 0.25) is 0 Å². The summed E-state index contributed by atoms with van der Waals surface area (Å²) in [5.41, 5.74) is 4.20. The summed E-state index contributed by atoms with van der Waals surface area (Å²) in [7, 11) is 2.22. The summed E-state index contributed by atoms with van der Waals surface area (Å²) < 4.78 is 0. The molecule has 0 bridgehead atoms. The van der Waals surface area contributed by atoms with E-state index >= 15 is 0 Å². The fourth-order valence-corrected chi connectivity index (χ4v) is 2.64. The van der Waals surface area contributed by atoms with Crippen molar-refractivity contribution in [2.75, 3.05) is 44.7 Å². The van der Waals surface area contributed by atoms with E-state index in [1.54, 1.807) is 0 Å². The zero-order chi connectivity index (χ0) is 13.7. The van der Waals surface area contributed by atoms with Gasteiger partial charge in [-0.3, -0.25) is 0 Å². The highest BCUT2D eigenvalue weighted by Gasteiger charge is 2.13. The molecule has 0 amide bonds. The lowest BCUT2D eigenvalue weighted by atomic mass is 10.1. The standard InChI is InChI=1S/C16H27N3/c1-4-17-13-15-6-7-16(12-14(15)2)19-9-5-8-18(3)10-11-19/h6-7,12,17H,4-5,8-11,13H2,1-3H3. The topological polar surface area (TPSA) is 18.5 Å². The van der Waals surface area contributed by atoms with Gasteiger partial charge in [-0.05, 0) is 56.7 Å². The third-order valence-electron chi connectivity index (χ3n) is 3.98. The Morgan fingerprint density at radius 3 is 2.74 bits per heavy atom. The summed E-state index contributed by atoms with van der Waals surface area (Å²) in [6.45, 7) is 11.1. The number of likely N-dealkylation sites (N-methyl/N-ethyl adjacent to an activating group) is 1. The van der Waals surface area contributed by atoms with Crippen molar-refractivity contribution in [3.05, 3.63) is 29.3 Å². The van der Waals surface area contributed by atoms with Gasteiger partial charge in [0.15, 0.2) is 0 Å². The molecular weight excluding hydrogens is 234 g/mol. The van der Waals surface area contributed by atoms with Gasteiger partial charge in [-0.1, -0.05) is 13.0 Å². The Hall–Kier alpha value is -1.06. The summed E-state index contributed by atoms with van der Waals surface area (Å²) in [6, 6.07) is 6.91. The number of benzene rings is 1. The minimum Gasteiger partial charge on any atom is -0.370 e. The van der Waals surface area contributed by atoms with E-state index in [2.05, 4.69) is 54.2 Å². The maximum absolute atomic E-state index is 3.40. The van der Waals surface area contributed by atoms with Crippen LogP contribution in [0.1, 0.15) is 24.5 Å². The molecule has 1 aliphatic heterocycles. The maximum atomic E-state index is 3.40. The first-order valence-corrected chi connectivity index (χ1v) is 7.44. The average molecular weight is 261 g/mol. The van der Waals surface area contributed by atoms with Crippen LogP contribution in [-0.2, 0) is 6.54 Å². The van der Waals surface area contributed by atoms with Crippen LogP contribution >= 0.6 is 0 Å². The molecule has 0 aromatic heterocycles. The first-order valence-electron chi connectivity index (χ1n) is 7.44. The third-order valence-corrected chi connectivity index (χ3v) is 3.98. The number of anilines is 1. The van der Waals surface area contributed by atoms with Gasteiger partial charge in [0.1, 0.15) is 0 Å². The Morgan fingerprint density at radius 1 is 1.16 bits per heavy atom. The molecule has 0 saturated carbocycles. The zero-order valence-electron chi connectivity index (χ0n) is 12.6. The second kappa shape index (κ2) is 6.92. The molecule has 0 unspecified atom stereocenters. The number of hydrogen-bond donors (Lipinski definition) is 1. The fourth-order valence-electron chi connectivity index (χ4n) is 2.64. The van der Waals surface area contributed by atoms with Crippen LogP contribution in [0.3, 0.4) is 0 Å². The normalized spacial score (nSPS) is 17.5. The van der Waals surface area contributed by atoms with Gasteiger partial charge in [-0.15, -0.1) is 0 Å². The van der Waals surface area contributed by atoms with Gasteiger partial charge < -0.3 is 15.1 Å². The first-order chi connectivity index (χ1) is 9.20. The van der Waals surface area contributed by atoms with Crippen LogP contribution in [0.25, 0.3) is 0 Å². The molecule has 1 heterocycles. The van der Waals surface area contributed by atoms with E-state index < -0.39 is 0 Å². The van der Waals surface area contributed by atoms with Crippen molar-refractivity contribution in [1.29, 1.82) is 0 Å². The van der Waals surface area contributed by atoms with Crippen LogP contribution in [-0.4, -0.2) is 44.7 Å². The van der Waals surface area contributed by atoms with Gasteiger partial charge in [-0.25, -0.2) is 0 Å². The Balaban J connectivity index is 2.06. The Labute approximate surface area is 117 Å². The minimum atomic E-state index is 0.978. The van der Waals surface area contributed by atoms with Crippen molar-refractivity contribution in [2.24, 2.45) is 0 Å². The molecule has 1 saturated heterocycles. The summed E-state index contributed by atoms with van der Waals surface area (Å²) in [5.74, 6) is 0. The van der Waals surface area contributed by atoms with Crippen LogP contribution in [0.5, 0.6) is 0 Å². The molecule has 3 heteroatoms. The lowest BCUT2D eigenvalue weighted by Gasteiger charge is -2.24. The van der Waals surface area contributed by atoms with Gasteiger partial charge in [0, 0.05) is 31.9 Å². The van der Waals surface area contributed by atoms with Gasteiger partial charge in [0.2, 0.25) is 0 Å². The molecule has 1 N–H and O–H groups in total. The van der Waals surface area contributed by atoms with Crippen LogP contribution in [0.15, 0.2) is 18.2 Å². The van der Waals surface area contributed by atoms with E-state index in [1.807, 2.05) is 0 Å². The van der Waals surface area contributed by atoms with E-state index in [-0.39, 0.29) is 0 Å². The van der Waals surface area contributed by atoms with E-state index in [1.165, 1.54) is 36.3 Å². The lowest BCUT2D eigenvalue weighted by Crippen LogP contribution is -2.28.